The molecule has 43 heavy (non-hydrogen) atoms. The summed E-state index contributed by atoms with van der Waals surface area (Å²) in [6.07, 6.45) is 3.91. The Balaban J connectivity index is 1.42. The van der Waals surface area contributed by atoms with Crippen LogP contribution in [0, 0.1) is 0 Å². The second-order valence-corrected chi connectivity index (χ2v) is 11.4. The molecule has 1 aromatic heterocycles. The van der Waals surface area contributed by atoms with Gasteiger partial charge in [-0.1, -0.05) is 65.7 Å². The van der Waals surface area contributed by atoms with Gasteiger partial charge in [0.05, 0.1) is 54.4 Å². The molecule has 0 radical (unpaired) electrons. The summed E-state index contributed by atoms with van der Waals surface area (Å²) in [5.74, 6) is 1.33. The molecule has 3 aromatic rings. The first-order valence-corrected chi connectivity index (χ1v) is 14.9. The normalized spacial score (nSPS) is 16.1. The molecule has 0 aliphatic carbocycles. The molecule has 0 spiro atoms. The van der Waals surface area contributed by atoms with Crippen LogP contribution in [0.25, 0.3) is 22.4 Å². The summed E-state index contributed by atoms with van der Waals surface area (Å²) >= 11 is 14.1. The maximum atomic E-state index is 9.24. The molecule has 11 heteroatoms. The molecule has 0 fully saturated rings. The number of nitrogens with zero attached hydrogens (tertiary/aromatic N) is 6. The number of allylic oxidation sites excluding steroid dienone is 1. The van der Waals surface area contributed by atoms with Crippen molar-refractivity contribution in [1.82, 2.24) is 19.8 Å². The Morgan fingerprint density at radius 2 is 1.53 bits per heavy atom. The number of aliphatic imine (C=N–C) groups is 1. The Labute approximate surface area is 262 Å². The standard InChI is InChI=1S/C32H36Cl2N6O3/c1-38(14-16-41)18-21-10-11-27(36-32(21)43-3)25-8-4-6-23(30(25)33)24-7-5-9-26(31(24)34)28-12-13-29-35-22(20-40(29)37-28)19-39(2)15-17-42/h4-13,22,41-42H,14-20H2,1-3H3. The van der Waals surface area contributed by atoms with Crippen LogP contribution in [0.15, 0.2) is 70.8 Å². The zero-order valence-corrected chi connectivity index (χ0v) is 26.1. The van der Waals surface area contributed by atoms with E-state index in [-0.39, 0.29) is 19.3 Å². The van der Waals surface area contributed by atoms with E-state index in [0.717, 1.165) is 45.9 Å². The van der Waals surface area contributed by atoms with Gasteiger partial charge in [0.2, 0.25) is 5.88 Å². The Morgan fingerprint density at radius 3 is 2.23 bits per heavy atom. The van der Waals surface area contributed by atoms with Crippen molar-refractivity contribution in [3.8, 4) is 28.3 Å². The molecule has 2 aliphatic heterocycles. The molecule has 0 amide bonds. The van der Waals surface area contributed by atoms with Gasteiger partial charge in [0, 0.05) is 54.0 Å². The molecule has 1 atom stereocenters. The largest absolute Gasteiger partial charge is 0.481 e. The van der Waals surface area contributed by atoms with E-state index in [4.69, 9.17) is 43.0 Å². The third-order valence-electron chi connectivity index (χ3n) is 7.48. The van der Waals surface area contributed by atoms with Crippen molar-refractivity contribution < 1.29 is 14.9 Å². The van der Waals surface area contributed by atoms with E-state index in [1.165, 1.54) is 0 Å². The molecular weight excluding hydrogens is 587 g/mol. The van der Waals surface area contributed by atoms with Gasteiger partial charge in [-0.3, -0.25) is 9.89 Å². The Kier molecular flexibility index (Phi) is 10.1. The lowest BCUT2D eigenvalue weighted by Gasteiger charge is -2.21. The quantitative estimate of drug-likeness (QED) is 0.308. The van der Waals surface area contributed by atoms with Gasteiger partial charge in [-0.05, 0) is 32.3 Å². The van der Waals surface area contributed by atoms with Crippen molar-refractivity contribution in [2.24, 2.45) is 10.1 Å². The minimum Gasteiger partial charge on any atom is -0.481 e. The molecule has 0 bridgehead atoms. The first-order valence-electron chi connectivity index (χ1n) is 14.2. The first-order chi connectivity index (χ1) is 20.8. The van der Waals surface area contributed by atoms with Crippen LogP contribution in [0.1, 0.15) is 11.1 Å². The number of likely N-dealkylation sites (N-methyl/N-ethyl adjacent to an activating group) is 2. The number of aliphatic hydroxyl groups excluding tert-OH is 2. The summed E-state index contributed by atoms with van der Waals surface area (Å²) in [7, 11) is 5.51. The lowest BCUT2D eigenvalue weighted by atomic mass is 9.97. The van der Waals surface area contributed by atoms with Crippen LogP contribution in [0.2, 0.25) is 10.0 Å². The number of methoxy groups -OCH3 is 1. The van der Waals surface area contributed by atoms with Crippen molar-refractivity contribution in [2.45, 2.75) is 12.6 Å². The molecule has 0 saturated heterocycles. The van der Waals surface area contributed by atoms with E-state index >= 15 is 0 Å². The predicted molar refractivity (Wildman–Crippen MR) is 173 cm³/mol. The molecule has 0 saturated carbocycles. The second-order valence-electron chi connectivity index (χ2n) is 10.7. The predicted octanol–water partition coefficient (Wildman–Crippen LogP) is 4.44. The van der Waals surface area contributed by atoms with Crippen LogP contribution in [-0.2, 0) is 6.54 Å². The highest BCUT2D eigenvalue weighted by Gasteiger charge is 2.28. The number of hydrogen-bond donors (Lipinski definition) is 2. The fourth-order valence-electron chi connectivity index (χ4n) is 5.32. The molecular formula is C32H36Cl2N6O3. The Morgan fingerprint density at radius 1 is 0.884 bits per heavy atom. The van der Waals surface area contributed by atoms with E-state index in [9.17, 15) is 10.2 Å². The molecule has 5 rings (SSSR count). The number of pyridine rings is 1. The van der Waals surface area contributed by atoms with Crippen LogP contribution in [0.5, 0.6) is 5.88 Å². The molecule has 1 unspecified atom stereocenters. The smallest absolute Gasteiger partial charge is 0.218 e. The minimum absolute atomic E-state index is 0.0744. The topological polar surface area (TPSA) is 97.0 Å². The highest BCUT2D eigenvalue weighted by Crippen LogP contribution is 2.40. The summed E-state index contributed by atoms with van der Waals surface area (Å²) in [6.45, 7) is 3.36. The average molecular weight is 624 g/mol. The molecule has 9 nitrogen and oxygen atoms in total. The van der Waals surface area contributed by atoms with E-state index in [0.29, 0.717) is 47.8 Å². The van der Waals surface area contributed by atoms with Gasteiger partial charge in [-0.15, -0.1) is 0 Å². The van der Waals surface area contributed by atoms with Gasteiger partial charge in [0.25, 0.3) is 0 Å². The number of fused-ring (bicyclic) bond motifs is 1. The summed E-state index contributed by atoms with van der Waals surface area (Å²) in [5.41, 5.74) is 5.49. The van der Waals surface area contributed by atoms with Crippen LogP contribution < -0.4 is 4.74 Å². The molecule has 3 heterocycles. The number of aromatic nitrogens is 1. The molecule has 2 N–H and O–H groups in total. The zero-order chi connectivity index (χ0) is 30.5. The number of amidine groups is 1. The van der Waals surface area contributed by atoms with Crippen LogP contribution in [-0.4, -0.2) is 108 Å². The van der Waals surface area contributed by atoms with Crippen molar-refractivity contribution in [3.05, 3.63) is 81.9 Å². The van der Waals surface area contributed by atoms with Gasteiger partial charge < -0.3 is 19.8 Å². The zero-order valence-electron chi connectivity index (χ0n) is 24.5. The van der Waals surface area contributed by atoms with E-state index in [1.54, 1.807) is 7.11 Å². The van der Waals surface area contributed by atoms with Crippen molar-refractivity contribution in [1.29, 1.82) is 0 Å². The number of hydrazone groups is 1. The minimum atomic E-state index is 0.0744. The monoisotopic (exact) mass is 622 g/mol. The SMILES string of the molecule is COc1nc(-c2cccc(-c3cccc(C4=NN5CC(CN(C)CCO)N=C5C=C4)c3Cl)c2Cl)ccc1CN(C)CCO. The van der Waals surface area contributed by atoms with Crippen LogP contribution in [0.3, 0.4) is 0 Å². The van der Waals surface area contributed by atoms with E-state index < -0.39 is 0 Å². The van der Waals surface area contributed by atoms with Crippen molar-refractivity contribution >= 4 is 34.7 Å². The molecule has 226 valence electrons. The summed E-state index contributed by atoms with van der Waals surface area (Å²) in [5, 5.41) is 26.3. The number of hydrogen-bond acceptors (Lipinski definition) is 9. The van der Waals surface area contributed by atoms with E-state index in [1.807, 2.05) is 84.7 Å². The maximum Gasteiger partial charge on any atom is 0.218 e. The molecule has 2 aromatic carbocycles. The maximum absolute atomic E-state index is 9.24. The van der Waals surface area contributed by atoms with Crippen LogP contribution >= 0.6 is 23.2 Å². The molecule has 2 aliphatic rings. The summed E-state index contributed by atoms with van der Waals surface area (Å²) in [6, 6.07) is 15.7. The number of rotatable bonds is 12. The third kappa shape index (κ3) is 6.93. The van der Waals surface area contributed by atoms with Gasteiger partial charge >= 0.3 is 0 Å². The second kappa shape index (κ2) is 14.0. The van der Waals surface area contributed by atoms with Crippen molar-refractivity contribution in [3.63, 3.8) is 0 Å². The summed E-state index contributed by atoms with van der Waals surface area (Å²) in [4.78, 5) is 13.6. The van der Waals surface area contributed by atoms with Gasteiger partial charge in [0.1, 0.15) is 5.84 Å². The lowest BCUT2D eigenvalue weighted by Crippen LogP contribution is -2.34. The first kappa shape index (κ1) is 31.1. The number of aliphatic hydroxyl groups is 2. The van der Waals surface area contributed by atoms with Gasteiger partial charge in [0.15, 0.2) is 0 Å². The van der Waals surface area contributed by atoms with Crippen LogP contribution in [0.4, 0.5) is 0 Å². The highest BCUT2D eigenvalue weighted by atomic mass is 35.5. The van der Waals surface area contributed by atoms with Gasteiger partial charge in [-0.2, -0.15) is 5.10 Å². The van der Waals surface area contributed by atoms with Crippen molar-refractivity contribution in [2.75, 3.05) is 60.6 Å². The third-order valence-corrected chi connectivity index (χ3v) is 8.29. The number of ether oxygens (including phenoxy) is 1. The number of benzene rings is 2. The Hall–Kier alpha value is -3.31. The average Bonchev–Trinajstić information content (AvgIpc) is 3.39. The summed E-state index contributed by atoms with van der Waals surface area (Å²) < 4.78 is 5.60. The lowest BCUT2D eigenvalue weighted by molar-refractivity contribution is 0.213. The highest BCUT2D eigenvalue weighted by molar-refractivity contribution is 6.40. The fraction of sp³-hybridized carbons (Fsp3) is 0.344. The van der Waals surface area contributed by atoms with Gasteiger partial charge in [-0.25, -0.2) is 9.99 Å². The number of halogens is 2. The van der Waals surface area contributed by atoms with E-state index in [2.05, 4.69) is 4.90 Å². The Bertz CT molecular complexity index is 1560. The fourth-order valence-corrected chi connectivity index (χ4v) is 5.97.